The molecule has 1 aromatic carbocycles. The quantitative estimate of drug-likeness (QED) is 0.0730. The molecular formula is C37H52BrN5O2Si2. The van der Waals surface area contributed by atoms with Crippen molar-refractivity contribution in [1.82, 2.24) is 19.6 Å². The Balaban J connectivity index is 1.39. The lowest BCUT2D eigenvalue weighted by molar-refractivity contribution is 0.0941. The highest BCUT2D eigenvalue weighted by molar-refractivity contribution is 9.10. The summed E-state index contributed by atoms with van der Waals surface area (Å²) < 4.78 is 15.8. The zero-order valence-electron chi connectivity index (χ0n) is 29.1. The molecule has 2 saturated carbocycles. The molecule has 3 aromatic heterocycles. The van der Waals surface area contributed by atoms with E-state index in [2.05, 4.69) is 84.4 Å². The molecule has 0 N–H and O–H groups in total. The van der Waals surface area contributed by atoms with Gasteiger partial charge in [-0.3, -0.25) is 4.98 Å². The van der Waals surface area contributed by atoms with E-state index in [1.807, 2.05) is 35.1 Å². The molecule has 10 heteroatoms. The van der Waals surface area contributed by atoms with E-state index >= 15 is 0 Å². The van der Waals surface area contributed by atoms with Crippen LogP contribution in [0.25, 0.3) is 28.0 Å². The SMILES string of the molecule is C[Si](C)(C)CCOCN(COCC[Si](C)(C)C)c1c(Br)c(C2CC3CCC(C3)C2)nc2c(-c3ccc(-c4ccccc4)nc3)cnn12. The van der Waals surface area contributed by atoms with E-state index in [-0.39, 0.29) is 0 Å². The van der Waals surface area contributed by atoms with E-state index < -0.39 is 16.1 Å². The van der Waals surface area contributed by atoms with Crippen LogP contribution in [0.5, 0.6) is 0 Å². The lowest BCUT2D eigenvalue weighted by Gasteiger charge is -2.31. The fourth-order valence-electron chi connectivity index (χ4n) is 7.05. The van der Waals surface area contributed by atoms with Gasteiger partial charge in [-0.15, -0.1) is 0 Å². The van der Waals surface area contributed by atoms with Gasteiger partial charge in [0.15, 0.2) is 11.5 Å². The molecular weight excluding hydrogens is 683 g/mol. The van der Waals surface area contributed by atoms with Crippen molar-refractivity contribution < 1.29 is 9.47 Å². The molecule has 2 unspecified atom stereocenters. The molecule has 0 amide bonds. The van der Waals surface area contributed by atoms with E-state index in [0.29, 0.717) is 19.4 Å². The van der Waals surface area contributed by atoms with Gasteiger partial charge in [-0.05, 0) is 65.2 Å². The van der Waals surface area contributed by atoms with Crippen LogP contribution in [0.3, 0.4) is 0 Å². The average molecular weight is 735 g/mol. The summed E-state index contributed by atoms with van der Waals surface area (Å²) in [4.78, 5) is 12.5. The van der Waals surface area contributed by atoms with Gasteiger partial charge in [0, 0.05) is 58.2 Å². The van der Waals surface area contributed by atoms with E-state index in [0.717, 1.165) is 81.2 Å². The molecule has 252 valence electrons. The average Bonchev–Trinajstić information content (AvgIpc) is 3.61. The van der Waals surface area contributed by atoms with E-state index in [1.165, 1.54) is 32.1 Å². The summed E-state index contributed by atoms with van der Waals surface area (Å²) in [6, 6.07) is 16.8. The number of hydrogen-bond donors (Lipinski definition) is 0. The van der Waals surface area contributed by atoms with Crippen LogP contribution in [0.15, 0.2) is 59.3 Å². The van der Waals surface area contributed by atoms with Crippen LogP contribution in [0, 0.1) is 11.8 Å². The molecule has 0 aliphatic heterocycles. The van der Waals surface area contributed by atoms with Gasteiger partial charge in [0.05, 0.1) is 22.1 Å². The number of fused-ring (bicyclic) bond motifs is 3. The van der Waals surface area contributed by atoms with Crippen molar-refractivity contribution in [2.75, 3.05) is 31.6 Å². The summed E-state index contributed by atoms with van der Waals surface area (Å²) in [5.74, 6) is 2.99. The highest BCUT2D eigenvalue weighted by atomic mass is 79.9. The smallest absolute Gasteiger partial charge is 0.165 e. The van der Waals surface area contributed by atoms with Gasteiger partial charge in [0.1, 0.15) is 13.5 Å². The van der Waals surface area contributed by atoms with Crippen molar-refractivity contribution in [1.29, 1.82) is 0 Å². The van der Waals surface area contributed by atoms with Crippen LogP contribution in [-0.2, 0) is 9.47 Å². The molecule has 4 aromatic rings. The molecule has 0 saturated heterocycles. The summed E-state index contributed by atoms with van der Waals surface area (Å²) in [5.41, 5.74) is 6.08. The second-order valence-corrected chi connectivity index (χ2v) is 28.2. The first-order valence-corrected chi connectivity index (χ1v) is 25.7. The second-order valence-electron chi connectivity index (χ2n) is 16.2. The largest absolute Gasteiger partial charge is 0.361 e. The van der Waals surface area contributed by atoms with Crippen LogP contribution in [-0.4, -0.2) is 62.4 Å². The minimum Gasteiger partial charge on any atom is -0.361 e. The number of ether oxygens (including phenoxy) is 2. The minimum absolute atomic E-state index is 0.420. The van der Waals surface area contributed by atoms with Crippen LogP contribution >= 0.6 is 15.9 Å². The first kappa shape index (κ1) is 34.5. The lowest BCUT2D eigenvalue weighted by atomic mass is 9.79. The van der Waals surface area contributed by atoms with Crippen LogP contribution in [0.1, 0.15) is 43.7 Å². The molecule has 2 bridgehead atoms. The maximum absolute atomic E-state index is 6.40. The third-order valence-corrected chi connectivity index (χ3v) is 14.0. The Kier molecular flexibility index (Phi) is 10.7. The molecule has 2 atom stereocenters. The Morgan fingerprint density at radius 3 is 2.02 bits per heavy atom. The molecule has 7 nitrogen and oxygen atoms in total. The number of halogens is 1. The zero-order valence-corrected chi connectivity index (χ0v) is 32.7. The van der Waals surface area contributed by atoms with Crippen LogP contribution in [0.4, 0.5) is 5.82 Å². The first-order chi connectivity index (χ1) is 22.4. The number of anilines is 1. The van der Waals surface area contributed by atoms with Gasteiger partial charge in [-0.1, -0.05) is 88.5 Å². The molecule has 0 spiro atoms. The van der Waals surface area contributed by atoms with Gasteiger partial charge in [-0.2, -0.15) is 9.61 Å². The fraction of sp³-hybridized carbons (Fsp3) is 0.541. The highest BCUT2D eigenvalue weighted by Crippen LogP contribution is 2.50. The van der Waals surface area contributed by atoms with Crippen LogP contribution < -0.4 is 4.90 Å². The van der Waals surface area contributed by atoms with Gasteiger partial charge in [-0.25, -0.2) is 4.98 Å². The maximum atomic E-state index is 6.40. The Labute approximate surface area is 291 Å². The highest BCUT2D eigenvalue weighted by Gasteiger charge is 2.37. The molecule has 0 radical (unpaired) electrons. The van der Waals surface area contributed by atoms with Gasteiger partial charge in [0.25, 0.3) is 0 Å². The van der Waals surface area contributed by atoms with Crippen molar-refractivity contribution in [2.24, 2.45) is 11.8 Å². The zero-order chi connectivity index (χ0) is 33.2. The number of hydrogen-bond acceptors (Lipinski definition) is 6. The van der Waals surface area contributed by atoms with Crippen molar-refractivity contribution in [3.63, 3.8) is 0 Å². The van der Waals surface area contributed by atoms with E-state index in [9.17, 15) is 0 Å². The molecule has 3 heterocycles. The Morgan fingerprint density at radius 1 is 0.809 bits per heavy atom. The molecule has 47 heavy (non-hydrogen) atoms. The second kappa shape index (κ2) is 14.6. The topological polar surface area (TPSA) is 64.8 Å². The van der Waals surface area contributed by atoms with Gasteiger partial charge < -0.3 is 14.4 Å². The number of nitrogens with zero attached hydrogens (tertiary/aromatic N) is 5. The predicted molar refractivity (Wildman–Crippen MR) is 203 cm³/mol. The van der Waals surface area contributed by atoms with Crippen molar-refractivity contribution in [3.8, 4) is 22.4 Å². The van der Waals surface area contributed by atoms with Gasteiger partial charge >= 0.3 is 0 Å². The van der Waals surface area contributed by atoms with E-state index in [1.54, 1.807) is 0 Å². The van der Waals surface area contributed by atoms with Crippen LogP contribution in [0.2, 0.25) is 51.4 Å². The lowest BCUT2D eigenvalue weighted by Crippen LogP contribution is -2.34. The maximum Gasteiger partial charge on any atom is 0.165 e. The third-order valence-electron chi connectivity index (χ3n) is 9.79. The molecule has 6 rings (SSSR count). The number of pyridine rings is 1. The van der Waals surface area contributed by atoms with Gasteiger partial charge in [0.2, 0.25) is 0 Å². The summed E-state index contributed by atoms with van der Waals surface area (Å²) in [6.45, 7) is 16.7. The summed E-state index contributed by atoms with van der Waals surface area (Å²) >= 11 is 4.11. The number of aromatic nitrogens is 4. The molecule has 2 fully saturated rings. The standard InChI is InChI=1S/C37H52BrN5O2Si2/c1-46(2,3)18-16-44-25-42(26-45-17-19-47(4,5)6)37-34(38)35(31-21-27-12-13-28(20-27)22-31)41-36-32(24-40-43(36)37)30-14-15-33(39-23-30)29-10-8-7-9-11-29/h7-11,14-15,23-24,27-28,31H,12-13,16-22,25-26H2,1-6H3. The van der Waals surface area contributed by atoms with Crippen molar-refractivity contribution in [3.05, 3.63) is 65.0 Å². The summed E-state index contributed by atoms with van der Waals surface area (Å²) in [7, 11) is -2.45. The minimum atomic E-state index is -1.23. The first-order valence-electron chi connectivity index (χ1n) is 17.4. The monoisotopic (exact) mass is 733 g/mol. The molecule has 2 aliphatic rings. The fourth-order valence-corrected chi connectivity index (χ4v) is 9.40. The predicted octanol–water partition coefficient (Wildman–Crippen LogP) is 9.95. The normalized spacial score (nSPS) is 19.9. The summed E-state index contributed by atoms with van der Waals surface area (Å²) in [6.07, 6.45) is 10.4. The van der Waals surface area contributed by atoms with E-state index in [4.69, 9.17) is 24.5 Å². The number of benzene rings is 1. The van der Waals surface area contributed by atoms with Crippen molar-refractivity contribution >= 4 is 43.5 Å². The molecule has 2 aliphatic carbocycles. The number of rotatable bonds is 14. The third kappa shape index (κ3) is 8.62. The Bertz CT molecular complexity index is 1600. The Morgan fingerprint density at radius 2 is 1.45 bits per heavy atom. The summed E-state index contributed by atoms with van der Waals surface area (Å²) in [5, 5.41) is 4.98. The Hall–Kier alpha value is -2.38. The van der Waals surface area contributed by atoms with Crippen molar-refractivity contribution in [2.45, 2.75) is 89.4 Å².